The number of ether oxygens (including phenoxy) is 2. The van der Waals surface area contributed by atoms with E-state index in [-0.39, 0.29) is 24.4 Å². The summed E-state index contributed by atoms with van der Waals surface area (Å²) >= 11 is 0. The van der Waals surface area contributed by atoms with Gasteiger partial charge in [-0.3, -0.25) is 4.79 Å². The molecule has 156 valence electrons. The maximum absolute atomic E-state index is 12.3. The molecule has 1 amide bonds. The van der Waals surface area contributed by atoms with Gasteiger partial charge in [-0.05, 0) is 38.1 Å². The Morgan fingerprint density at radius 1 is 1.00 bits per heavy atom. The minimum atomic E-state index is -0.371. The van der Waals surface area contributed by atoms with Crippen LogP contribution in [-0.4, -0.2) is 42.5 Å². The van der Waals surface area contributed by atoms with Crippen LogP contribution >= 0.6 is 0 Å². The first-order chi connectivity index (χ1) is 15.1. The van der Waals surface area contributed by atoms with Crippen molar-refractivity contribution in [1.29, 1.82) is 0 Å². The van der Waals surface area contributed by atoms with E-state index < -0.39 is 0 Å². The van der Waals surface area contributed by atoms with E-state index >= 15 is 0 Å². The minimum absolute atomic E-state index is 0.211. The summed E-state index contributed by atoms with van der Waals surface area (Å²) in [5.41, 5.74) is 1.67. The fourth-order valence-electron chi connectivity index (χ4n) is 2.74. The molecule has 0 bridgehead atoms. The Balaban J connectivity index is 1.36. The molecule has 31 heavy (non-hydrogen) atoms. The van der Waals surface area contributed by atoms with Gasteiger partial charge in [0.1, 0.15) is 5.75 Å². The van der Waals surface area contributed by atoms with Crippen molar-refractivity contribution < 1.29 is 14.3 Å². The van der Waals surface area contributed by atoms with Gasteiger partial charge < -0.3 is 14.8 Å². The molecule has 1 N–H and O–H groups in total. The highest BCUT2D eigenvalue weighted by molar-refractivity contribution is 5.92. The van der Waals surface area contributed by atoms with Crippen molar-refractivity contribution in [3.8, 4) is 23.5 Å². The van der Waals surface area contributed by atoms with Gasteiger partial charge in [0.05, 0.1) is 17.1 Å². The maximum Gasteiger partial charge on any atom is 0.322 e. The molecule has 4 aromatic rings. The van der Waals surface area contributed by atoms with E-state index in [0.29, 0.717) is 28.6 Å². The van der Waals surface area contributed by atoms with Crippen LogP contribution in [0.15, 0.2) is 60.9 Å². The number of anilines is 1. The number of benzene rings is 1. The zero-order valence-corrected chi connectivity index (χ0v) is 16.9. The van der Waals surface area contributed by atoms with Crippen molar-refractivity contribution in [1.82, 2.24) is 29.9 Å². The van der Waals surface area contributed by atoms with Gasteiger partial charge in [0, 0.05) is 18.5 Å². The molecule has 0 aliphatic carbocycles. The van der Waals surface area contributed by atoms with Crippen LogP contribution in [0.25, 0.3) is 5.82 Å². The summed E-state index contributed by atoms with van der Waals surface area (Å²) in [4.78, 5) is 21.0. The quantitative estimate of drug-likeness (QED) is 0.488. The number of amides is 1. The molecule has 0 aliphatic heterocycles. The number of hydrogen-bond acceptors (Lipinski definition) is 8. The highest BCUT2D eigenvalue weighted by atomic mass is 16.5. The lowest BCUT2D eigenvalue weighted by molar-refractivity contribution is -0.118. The molecule has 3 heterocycles. The SMILES string of the molecule is Cc1nc(Oc2ccccc2)nc(C)c1NC(=O)COc1ccc(-n2cccn2)nn1. The second-order valence-electron chi connectivity index (χ2n) is 6.48. The Morgan fingerprint density at radius 2 is 1.77 bits per heavy atom. The third kappa shape index (κ3) is 4.99. The van der Waals surface area contributed by atoms with E-state index in [1.165, 1.54) is 0 Å². The van der Waals surface area contributed by atoms with Gasteiger partial charge in [-0.2, -0.15) is 15.1 Å². The third-order valence-corrected chi connectivity index (χ3v) is 4.18. The van der Waals surface area contributed by atoms with Gasteiger partial charge in [-0.1, -0.05) is 18.2 Å². The molecule has 0 saturated carbocycles. The fourth-order valence-corrected chi connectivity index (χ4v) is 2.74. The molecule has 1 aromatic carbocycles. The maximum atomic E-state index is 12.3. The average molecular weight is 417 g/mol. The van der Waals surface area contributed by atoms with Crippen molar-refractivity contribution in [3.63, 3.8) is 0 Å². The lowest BCUT2D eigenvalue weighted by Gasteiger charge is -2.12. The van der Waals surface area contributed by atoms with Crippen LogP contribution in [0.1, 0.15) is 11.4 Å². The normalized spacial score (nSPS) is 10.5. The third-order valence-electron chi connectivity index (χ3n) is 4.18. The topological polar surface area (TPSA) is 117 Å². The molecular weight excluding hydrogens is 398 g/mol. The summed E-state index contributed by atoms with van der Waals surface area (Å²) < 4.78 is 12.6. The fraction of sp³-hybridized carbons (Fsp3) is 0.143. The molecule has 10 nitrogen and oxygen atoms in total. The van der Waals surface area contributed by atoms with Crippen molar-refractivity contribution >= 4 is 11.6 Å². The zero-order valence-electron chi connectivity index (χ0n) is 16.9. The molecule has 0 unspecified atom stereocenters. The number of carbonyl (C=O) groups excluding carboxylic acids is 1. The van der Waals surface area contributed by atoms with Gasteiger partial charge in [-0.15, -0.1) is 10.2 Å². The molecular formula is C21H19N7O3. The first-order valence-corrected chi connectivity index (χ1v) is 9.43. The van der Waals surface area contributed by atoms with Gasteiger partial charge in [-0.25, -0.2) is 4.68 Å². The number of para-hydroxylation sites is 1. The average Bonchev–Trinajstić information content (AvgIpc) is 3.31. The lowest BCUT2D eigenvalue weighted by atomic mass is 10.3. The predicted octanol–water partition coefficient (Wildman–Crippen LogP) is 2.88. The molecule has 0 spiro atoms. The van der Waals surface area contributed by atoms with E-state index in [9.17, 15) is 4.79 Å². The van der Waals surface area contributed by atoms with Gasteiger partial charge in [0.2, 0.25) is 5.88 Å². The molecule has 3 aromatic heterocycles. The molecule has 0 saturated heterocycles. The minimum Gasteiger partial charge on any atom is -0.466 e. The molecule has 10 heteroatoms. The number of aryl methyl sites for hydroxylation is 2. The predicted molar refractivity (Wildman–Crippen MR) is 111 cm³/mol. The number of nitrogens with zero attached hydrogens (tertiary/aromatic N) is 6. The first-order valence-electron chi connectivity index (χ1n) is 9.43. The van der Waals surface area contributed by atoms with Crippen LogP contribution in [0.4, 0.5) is 5.69 Å². The lowest BCUT2D eigenvalue weighted by Crippen LogP contribution is -2.22. The van der Waals surface area contributed by atoms with Crippen LogP contribution in [0.2, 0.25) is 0 Å². The Morgan fingerprint density at radius 3 is 2.42 bits per heavy atom. The summed E-state index contributed by atoms with van der Waals surface area (Å²) in [6.45, 7) is 3.29. The monoisotopic (exact) mass is 417 g/mol. The van der Waals surface area contributed by atoms with E-state index in [1.807, 2.05) is 30.3 Å². The van der Waals surface area contributed by atoms with Crippen molar-refractivity contribution in [2.45, 2.75) is 13.8 Å². The molecule has 4 rings (SSSR count). The second-order valence-corrected chi connectivity index (χ2v) is 6.48. The Labute approximate surface area is 177 Å². The van der Waals surface area contributed by atoms with Crippen LogP contribution < -0.4 is 14.8 Å². The molecule has 0 radical (unpaired) electrons. The summed E-state index contributed by atoms with van der Waals surface area (Å²) in [6.07, 6.45) is 3.39. The van der Waals surface area contributed by atoms with Crippen molar-refractivity contribution in [3.05, 3.63) is 72.3 Å². The molecule has 0 aliphatic rings. The molecule has 0 atom stereocenters. The number of nitrogens with one attached hydrogen (secondary N) is 1. The van der Waals surface area contributed by atoms with Crippen molar-refractivity contribution in [2.75, 3.05) is 11.9 Å². The number of carbonyl (C=O) groups is 1. The number of hydrogen-bond donors (Lipinski definition) is 1. The number of rotatable bonds is 7. The summed E-state index contributed by atoms with van der Waals surface area (Å²) in [6, 6.07) is 14.5. The first kappa shape index (κ1) is 20.0. The highest BCUT2D eigenvalue weighted by Crippen LogP contribution is 2.23. The zero-order chi connectivity index (χ0) is 21.6. The number of aromatic nitrogens is 6. The van der Waals surface area contributed by atoms with Gasteiger partial charge in [0.25, 0.3) is 5.91 Å². The largest absolute Gasteiger partial charge is 0.466 e. The van der Waals surface area contributed by atoms with E-state index in [2.05, 4.69) is 30.6 Å². The van der Waals surface area contributed by atoms with E-state index in [1.54, 1.807) is 49.1 Å². The van der Waals surface area contributed by atoms with Gasteiger partial charge >= 0.3 is 6.01 Å². The van der Waals surface area contributed by atoms with Gasteiger partial charge in [0.15, 0.2) is 12.4 Å². The Hall–Kier alpha value is -4.34. The smallest absolute Gasteiger partial charge is 0.322 e. The Kier molecular flexibility index (Phi) is 5.79. The Bertz CT molecular complexity index is 1140. The molecule has 0 fully saturated rings. The van der Waals surface area contributed by atoms with Crippen molar-refractivity contribution in [2.24, 2.45) is 0 Å². The van der Waals surface area contributed by atoms with Crippen LogP contribution in [0.3, 0.4) is 0 Å². The van der Waals surface area contributed by atoms with E-state index in [0.717, 1.165) is 0 Å². The highest BCUT2D eigenvalue weighted by Gasteiger charge is 2.14. The summed E-state index contributed by atoms with van der Waals surface area (Å²) in [5, 5.41) is 14.8. The van der Waals surface area contributed by atoms with Crippen LogP contribution in [0.5, 0.6) is 17.6 Å². The van der Waals surface area contributed by atoms with Crippen LogP contribution in [-0.2, 0) is 4.79 Å². The van der Waals surface area contributed by atoms with E-state index in [4.69, 9.17) is 9.47 Å². The van der Waals surface area contributed by atoms with Crippen LogP contribution in [0, 0.1) is 13.8 Å². The summed E-state index contributed by atoms with van der Waals surface area (Å²) in [5.74, 6) is 1.03. The summed E-state index contributed by atoms with van der Waals surface area (Å²) in [7, 11) is 0. The standard InChI is InChI=1S/C21H19N7O3/c1-14-20(15(2)24-21(23-14)31-16-7-4-3-5-8-16)25-18(29)13-30-19-10-9-17(26-27-19)28-12-6-11-22-28/h3-12H,13H2,1-2H3,(H,25,29). The second kappa shape index (κ2) is 8.99.